The number of amides is 1. The molecular weight excluding hydrogens is 256 g/mol. The first kappa shape index (κ1) is 14.5. The number of carbonyl (C=O) groups is 2. The van der Waals surface area contributed by atoms with E-state index in [1.165, 1.54) is 24.0 Å². The summed E-state index contributed by atoms with van der Waals surface area (Å²) in [5.41, 5.74) is 3.05. The number of benzene rings is 1. The molecule has 1 atom stereocenters. The molecule has 108 valence electrons. The molecule has 1 saturated heterocycles. The van der Waals surface area contributed by atoms with Gasteiger partial charge in [-0.25, -0.2) is 4.79 Å². The third kappa shape index (κ3) is 4.06. The normalized spacial score (nSPS) is 21.0. The quantitative estimate of drug-likeness (QED) is 0.706. The third-order valence-corrected chi connectivity index (χ3v) is 3.55. The molecule has 0 aromatic heterocycles. The van der Waals surface area contributed by atoms with Crippen LogP contribution >= 0.6 is 0 Å². The van der Waals surface area contributed by atoms with E-state index in [4.69, 9.17) is 5.11 Å². The van der Waals surface area contributed by atoms with E-state index < -0.39 is 12.0 Å². The van der Waals surface area contributed by atoms with Crippen LogP contribution in [0.4, 0.5) is 0 Å². The number of rotatable bonds is 1. The molecule has 1 aromatic carbocycles. The molecule has 1 amide bonds. The monoisotopic (exact) mass is 276 g/mol. The Kier molecular flexibility index (Phi) is 5.12. The summed E-state index contributed by atoms with van der Waals surface area (Å²) in [6.45, 7) is 2.27. The van der Waals surface area contributed by atoms with Crippen LogP contribution in [-0.4, -0.2) is 36.1 Å². The van der Waals surface area contributed by atoms with Crippen molar-refractivity contribution in [3.63, 3.8) is 0 Å². The lowest BCUT2D eigenvalue weighted by molar-refractivity contribution is -0.140. The third-order valence-electron chi connectivity index (χ3n) is 3.55. The Morgan fingerprint density at radius 2 is 1.70 bits per heavy atom. The molecule has 3 N–H and O–H groups in total. The molecule has 0 aliphatic carbocycles. The van der Waals surface area contributed by atoms with Crippen LogP contribution in [0.2, 0.25) is 0 Å². The van der Waals surface area contributed by atoms with Crippen LogP contribution in [0.1, 0.15) is 24.0 Å². The van der Waals surface area contributed by atoms with E-state index in [0.29, 0.717) is 12.8 Å². The summed E-state index contributed by atoms with van der Waals surface area (Å²) in [5.74, 6) is -1.11. The van der Waals surface area contributed by atoms with Crippen LogP contribution in [0.25, 0.3) is 0 Å². The lowest BCUT2D eigenvalue weighted by Crippen LogP contribution is -2.32. The number of carbonyl (C=O) groups excluding carboxylic acids is 1. The number of aliphatic carboxylic acids is 1. The Balaban J connectivity index is 0.000000151. The van der Waals surface area contributed by atoms with E-state index >= 15 is 0 Å². The highest BCUT2D eigenvalue weighted by Gasteiger charge is 2.26. The molecule has 5 heteroatoms. The fraction of sp³-hybridized carbons (Fsp3) is 0.467. The van der Waals surface area contributed by atoms with Gasteiger partial charge in [0.15, 0.2) is 0 Å². The summed E-state index contributed by atoms with van der Waals surface area (Å²) in [7, 11) is 0. The van der Waals surface area contributed by atoms with E-state index in [9.17, 15) is 9.59 Å². The van der Waals surface area contributed by atoms with Crippen molar-refractivity contribution >= 4 is 11.9 Å². The van der Waals surface area contributed by atoms with Crippen molar-refractivity contribution < 1.29 is 14.7 Å². The molecule has 0 radical (unpaired) electrons. The van der Waals surface area contributed by atoms with Crippen molar-refractivity contribution in [2.45, 2.75) is 31.7 Å². The molecular formula is C15H20N2O3. The summed E-state index contributed by atoms with van der Waals surface area (Å²) < 4.78 is 0. The van der Waals surface area contributed by atoms with Crippen LogP contribution < -0.4 is 10.6 Å². The van der Waals surface area contributed by atoms with E-state index in [-0.39, 0.29) is 5.91 Å². The minimum absolute atomic E-state index is 0.164. The SMILES string of the molecule is O=C1CCC(C(=O)O)N1.c1ccc2c(c1)CCNCC2. The molecule has 0 spiro atoms. The van der Waals surface area contributed by atoms with Gasteiger partial charge in [-0.05, 0) is 43.5 Å². The summed E-state index contributed by atoms with van der Waals surface area (Å²) in [6.07, 6.45) is 3.15. The van der Waals surface area contributed by atoms with Crippen LogP contribution in [0.15, 0.2) is 24.3 Å². The van der Waals surface area contributed by atoms with Gasteiger partial charge >= 0.3 is 5.97 Å². The molecule has 2 heterocycles. The van der Waals surface area contributed by atoms with E-state index in [1.54, 1.807) is 0 Å². The molecule has 1 fully saturated rings. The van der Waals surface area contributed by atoms with Crippen LogP contribution in [0.5, 0.6) is 0 Å². The predicted octanol–water partition coefficient (Wildman–Crippen LogP) is 0.724. The van der Waals surface area contributed by atoms with Gasteiger partial charge in [-0.3, -0.25) is 4.79 Å². The van der Waals surface area contributed by atoms with Crippen molar-refractivity contribution in [2.75, 3.05) is 13.1 Å². The number of hydrogen-bond donors (Lipinski definition) is 3. The highest BCUT2D eigenvalue weighted by atomic mass is 16.4. The molecule has 20 heavy (non-hydrogen) atoms. The van der Waals surface area contributed by atoms with Crippen molar-refractivity contribution in [2.24, 2.45) is 0 Å². The van der Waals surface area contributed by atoms with Crippen molar-refractivity contribution in [3.05, 3.63) is 35.4 Å². The first-order chi connectivity index (χ1) is 9.66. The topological polar surface area (TPSA) is 78.4 Å². The maximum Gasteiger partial charge on any atom is 0.326 e. The zero-order chi connectivity index (χ0) is 14.4. The van der Waals surface area contributed by atoms with E-state index in [2.05, 4.69) is 34.9 Å². The Hall–Kier alpha value is -1.88. The zero-order valence-corrected chi connectivity index (χ0v) is 11.4. The lowest BCUT2D eigenvalue weighted by Gasteiger charge is -2.01. The average Bonchev–Trinajstić information content (AvgIpc) is 2.74. The van der Waals surface area contributed by atoms with Gasteiger partial charge in [0.1, 0.15) is 6.04 Å². The first-order valence-electron chi connectivity index (χ1n) is 6.96. The van der Waals surface area contributed by atoms with Gasteiger partial charge in [0, 0.05) is 6.42 Å². The number of hydrogen-bond acceptors (Lipinski definition) is 3. The molecule has 3 rings (SSSR count). The largest absolute Gasteiger partial charge is 0.480 e. The smallest absolute Gasteiger partial charge is 0.326 e. The van der Waals surface area contributed by atoms with Gasteiger partial charge in [-0.15, -0.1) is 0 Å². The Morgan fingerprint density at radius 3 is 2.10 bits per heavy atom. The molecule has 5 nitrogen and oxygen atoms in total. The van der Waals surface area contributed by atoms with Crippen molar-refractivity contribution in [1.29, 1.82) is 0 Å². The summed E-state index contributed by atoms with van der Waals surface area (Å²) in [6, 6.07) is 8.09. The maximum absolute atomic E-state index is 10.4. The van der Waals surface area contributed by atoms with Gasteiger partial charge in [0.2, 0.25) is 5.91 Å². The van der Waals surface area contributed by atoms with Gasteiger partial charge in [-0.1, -0.05) is 24.3 Å². The minimum atomic E-state index is -0.944. The standard InChI is InChI=1S/C10H13N.C5H7NO3/c1-2-4-10-6-8-11-7-5-9(10)3-1;7-4-2-1-3(6-4)5(8)9/h1-4,11H,5-8H2;3H,1-2H2,(H,6,7)(H,8,9). The van der Waals surface area contributed by atoms with E-state index in [1.807, 2.05) is 0 Å². The molecule has 2 aliphatic rings. The summed E-state index contributed by atoms with van der Waals surface area (Å²) in [5, 5.41) is 14.0. The van der Waals surface area contributed by atoms with Gasteiger partial charge in [0.05, 0.1) is 0 Å². The first-order valence-corrected chi connectivity index (χ1v) is 6.96. The molecule has 2 aliphatic heterocycles. The fourth-order valence-corrected chi connectivity index (χ4v) is 2.42. The Morgan fingerprint density at radius 1 is 1.10 bits per heavy atom. The van der Waals surface area contributed by atoms with Crippen molar-refractivity contribution in [1.82, 2.24) is 10.6 Å². The van der Waals surface area contributed by atoms with Crippen LogP contribution in [0.3, 0.4) is 0 Å². The predicted molar refractivity (Wildman–Crippen MR) is 75.5 cm³/mol. The average molecular weight is 276 g/mol. The molecule has 0 saturated carbocycles. The molecule has 1 aromatic rings. The van der Waals surface area contributed by atoms with E-state index in [0.717, 1.165) is 13.1 Å². The van der Waals surface area contributed by atoms with Crippen LogP contribution in [-0.2, 0) is 22.4 Å². The number of nitrogens with one attached hydrogen (secondary N) is 2. The minimum Gasteiger partial charge on any atom is -0.480 e. The fourth-order valence-electron chi connectivity index (χ4n) is 2.42. The van der Waals surface area contributed by atoms with Gasteiger partial charge < -0.3 is 15.7 Å². The second-order valence-electron chi connectivity index (χ2n) is 5.02. The van der Waals surface area contributed by atoms with Crippen molar-refractivity contribution in [3.8, 4) is 0 Å². The lowest BCUT2D eigenvalue weighted by atomic mass is 10.0. The highest BCUT2D eigenvalue weighted by molar-refractivity contribution is 5.87. The maximum atomic E-state index is 10.4. The Labute approximate surface area is 118 Å². The number of fused-ring (bicyclic) bond motifs is 1. The highest BCUT2D eigenvalue weighted by Crippen LogP contribution is 2.11. The van der Waals surface area contributed by atoms with Gasteiger partial charge in [-0.2, -0.15) is 0 Å². The summed E-state index contributed by atoms with van der Waals surface area (Å²) in [4.78, 5) is 20.5. The number of carboxylic acids is 1. The van der Waals surface area contributed by atoms with Gasteiger partial charge in [0.25, 0.3) is 0 Å². The van der Waals surface area contributed by atoms with Crippen LogP contribution in [0, 0.1) is 0 Å². The second kappa shape index (κ2) is 7.05. The molecule has 0 bridgehead atoms. The zero-order valence-electron chi connectivity index (χ0n) is 11.4. The second-order valence-corrected chi connectivity index (χ2v) is 5.02. The Bertz CT molecular complexity index is 463. The summed E-state index contributed by atoms with van der Waals surface area (Å²) >= 11 is 0. The number of carboxylic acid groups (broad SMARTS) is 1. The molecule has 1 unspecified atom stereocenters.